The molecule has 5 aromatic rings. The molecule has 0 spiro atoms. The number of hydrogen-bond acceptors (Lipinski definition) is 3. The lowest BCUT2D eigenvalue weighted by Gasteiger charge is -2.13. The summed E-state index contributed by atoms with van der Waals surface area (Å²) < 4.78 is 2.15. The SMILES string of the molecule is Cc1ccc(NC(=O)CSc2nc(-c3ccccc3)c(-c3ccccc3)n2-c2ccccc2)cc1. The molecule has 0 aliphatic rings. The summed E-state index contributed by atoms with van der Waals surface area (Å²) >= 11 is 1.44. The zero-order chi connectivity index (χ0) is 24.0. The predicted octanol–water partition coefficient (Wildman–Crippen LogP) is 7.25. The summed E-state index contributed by atoms with van der Waals surface area (Å²) in [6.45, 7) is 2.03. The number of aromatic nitrogens is 2. The number of nitrogens with zero attached hydrogens (tertiary/aromatic N) is 2. The zero-order valence-electron chi connectivity index (χ0n) is 19.4. The molecule has 5 rings (SSSR count). The summed E-state index contributed by atoms with van der Waals surface area (Å²) in [5, 5.41) is 3.76. The molecule has 5 heteroatoms. The molecule has 0 unspecified atom stereocenters. The molecular weight excluding hydrogens is 450 g/mol. The van der Waals surface area contributed by atoms with Crippen LogP contribution in [0.2, 0.25) is 0 Å². The van der Waals surface area contributed by atoms with E-state index in [9.17, 15) is 4.79 Å². The first kappa shape index (κ1) is 22.7. The van der Waals surface area contributed by atoms with E-state index < -0.39 is 0 Å². The van der Waals surface area contributed by atoms with Crippen LogP contribution < -0.4 is 5.32 Å². The molecule has 172 valence electrons. The van der Waals surface area contributed by atoms with Crippen LogP contribution in [0.3, 0.4) is 0 Å². The van der Waals surface area contributed by atoms with Crippen molar-refractivity contribution in [3.63, 3.8) is 0 Å². The Morgan fingerprint density at radius 1 is 0.771 bits per heavy atom. The lowest BCUT2D eigenvalue weighted by atomic mass is 10.0. The molecule has 0 aliphatic carbocycles. The van der Waals surface area contributed by atoms with E-state index in [0.29, 0.717) is 0 Å². The van der Waals surface area contributed by atoms with Gasteiger partial charge in [0, 0.05) is 22.5 Å². The smallest absolute Gasteiger partial charge is 0.234 e. The number of aryl methyl sites for hydroxylation is 1. The van der Waals surface area contributed by atoms with E-state index in [4.69, 9.17) is 4.98 Å². The van der Waals surface area contributed by atoms with Gasteiger partial charge in [-0.1, -0.05) is 108 Å². The van der Waals surface area contributed by atoms with Gasteiger partial charge in [0.15, 0.2) is 5.16 Å². The van der Waals surface area contributed by atoms with Crippen LogP contribution in [0, 0.1) is 6.92 Å². The summed E-state index contributed by atoms with van der Waals surface area (Å²) in [7, 11) is 0. The molecule has 4 aromatic carbocycles. The summed E-state index contributed by atoms with van der Waals surface area (Å²) in [5.74, 6) is 0.184. The molecule has 1 heterocycles. The highest BCUT2D eigenvalue weighted by Crippen LogP contribution is 2.38. The first-order valence-corrected chi connectivity index (χ1v) is 12.5. The molecule has 0 bridgehead atoms. The largest absolute Gasteiger partial charge is 0.325 e. The molecule has 0 fully saturated rings. The van der Waals surface area contributed by atoms with E-state index in [1.165, 1.54) is 11.8 Å². The van der Waals surface area contributed by atoms with Gasteiger partial charge in [0.25, 0.3) is 0 Å². The van der Waals surface area contributed by atoms with Gasteiger partial charge >= 0.3 is 0 Å². The van der Waals surface area contributed by atoms with Crippen molar-refractivity contribution in [1.29, 1.82) is 0 Å². The Morgan fingerprint density at radius 2 is 1.34 bits per heavy atom. The Bertz CT molecular complexity index is 1410. The topological polar surface area (TPSA) is 46.9 Å². The average Bonchev–Trinajstić information content (AvgIpc) is 3.30. The summed E-state index contributed by atoms with van der Waals surface area (Å²) in [6, 6.07) is 38.5. The van der Waals surface area contributed by atoms with E-state index in [1.54, 1.807) is 0 Å². The highest BCUT2D eigenvalue weighted by Gasteiger charge is 2.22. The Kier molecular flexibility index (Phi) is 6.77. The number of para-hydroxylation sites is 1. The van der Waals surface area contributed by atoms with Crippen LogP contribution >= 0.6 is 11.8 Å². The third kappa shape index (κ3) is 5.20. The minimum absolute atomic E-state index is 0.0658. The second-order valence-electron chi connectivity index (χ2n) is 8.20. The molecule has 1 N–H and O–H groups in total. The number of anilines is 1. The van der Waals surface area contributed by atoms with Gasteiger partial charge in [-0.2, -0.15) is 0 Å². The number of rotatable bonds is 7. The number of thioether (sulfide) groups is 1. The van der Waals surface area contributed by atoms with Crippen LogP contribution in [-0.2, 0) is 4.79 Å². The lowest BCUT2D eigenvalue weighted by Crippen LogP contribution is -2.14. The Labute approximate surface area is 209 Å². The van der Waals surface area contributed by atoms with Crippen molar-refractivity contribution in [3.8, 4) is 28.2 Å². The van der Waals surface area contributed by atoms with Crippen LogP contribution in [0.5, 0.6) is 0 Å². The van der Waals surface area contributed by atoms with Gasteiger partial charge in [-0.3, -0.25) is 9.36 Å². The van der Waals surface area contributed by atoms with Crippen molar-refractivity contribution >= 4 is 23.4 Å². The fourth-order valence-corrected chi connectivity index (χ4v) is 4.75. The number of carbonyl (C=O) groups excluding carboxylic acids is 1. The Balaban J connectivity index is 1.55. The van der Waals surface area contributed by atoms with Gasteiger partial charge in [-0.05, 0) is 31.2 Å². The molecular formula is C30H25N3OS. The van der Waals surface area contributed by atoms with E-state index >= 15 is 0 Å². The minimum Gasteiger partial charge on any atom is -0.325 e. The second kappa shape index (κ2) is 10.5. The highest BCUT2D eigenvalue weighted by molar-refractivity contribution is 7.99. The van der Waals surface area contributed by atoms with Crippen molar-refractivity contribution in [1.82, 2.24) is 9.55 Å². The molecule has 1 aromatic heterocycles. The van der Waals surface area contributed by atoms with Gasteiger partial charge in [-0.25, -0.2) is 4.98 Å². The Hall–Kier alpha value is -4.09. The number of nitrogens with one attached hydrogen (secondary N) is 1. The number of imidazole rings is 1. The molecule has 1 amide bonds. The summed E-state index contributed by atoms with van der Waals surface area (Å²) in [6.07, 6.45) is 0. The monoisotopic (exact) mass is 475 g/mol. The number of hydrogen-bond donors (Lipinski definition) is 1. The van der Waals surface area contributed by atoms with E-state index in [0.717, 1.165) is 44.6 Å². The zero-order valence-corrected chi connectivity index (χ0v) is 20.2. The number of benzene rings is 4. The molecule has 0 atom stereocenters. The maximum atomic E-state index is 12.8. The maximum Gasteiger partial charge on any atom is 0.234 e. The average molecular weight is 476 g/mol. The quantitative estimate of drug-likeness (QED) is 0.252. The fraction of sp³-hybridized carbons (Fsp3) is 0.0667. The van der Waals surface area contributed by atoms with Crippen LogP contribution in [0.4, 0.5) is 5.69 Å². The van der Waals surface area contributed by atoms with Gasteiger partial charge in [-0.15, -0.1) is 0 Å². The fourth-order valence-electron chi connectivity index (χ4n) is 3.94. The molecule has 4 nitrogen and oxygen atoms in total. The minimum atomic E-state index is -0.0658. The van der Waals surface area contributed by atoms with Crippen molar-refractivity contribution in [3.05, 3.63) is 121 Å². The number of carbonyl (C=O) groups is 1. The van der Waals surface area contributed by atoms with Crippen molar-refractivity contribution in [2.24, 2.45) is 0 Å². The van der Waals surface area contributed by atoms with Crippen molar-refractivity contribution in [2.45, 2.75) is 12.1 Å². The molecule has 35 heavy (non-hydrogen) atoms. The first-order valence-electron chi connectivity index (χ1n) is 11.5. The first-order chi connectivity index (χ1) is 17.2. The van der Waals surface area contributed by atoms with E-state index in [-0.39, 0.29) is 11.7 Å². The van der Waals surface area contributed by atoms with Gasteiger partial charge in [0.2, 0.25) is 5.91 Å². The third-order valence-corrected chi connectivity index (χ3v) is 6.56. The predicted molar refractivity (Wildman–Crippen MR) is 145 cm³/mol. The van der Waals surface area contributed by atoms with E-state index in [1.807, 2.05) is 85.8 Å². The standard InChI is InChI=1S/C30H25N3OS/c1-22-17-19-25(20-18-22)31-27(34)21-35-30-32-28(23-11-5-2-6-12-23)29(24-13-7-3-8-14-24)33(30)26-15-9-4-10-16-26/h2-20H,21H2,1H3,(H,31,34). The summed E-state index contributed by atoms with van der Waals surface area (Å²) in [4.78, 5) is 17.9. The third-order valence-electron chi connectivity index (χ3n) is 5.62. The molecule has 0 saturated heterocycles. The lowest BCUT2D eigenvalue weighted by molar-refractivity contribution is -0.113. The van der Waals surface area contributed by atoms with Crippen LogP contribution in [0.15, 0.2) is 120 Å². The van der Waals surface area contributed by atoms with Gasteiger partial charge < -0.3 is 5.32 Å². The molecule has 0 aliphatic heterocycles. The van der Waals surface area contributed by atoms with Gasteiger partial charge in [0.1, 0.15) is 0 Å². The second-order valence-corrected chi connectivity index (χ2v) is 9.14. The van der Waals surface area contributed by atoms with Gasteiger partial charge in [0.05, 0.1) is 17.1 Å². The highest BCUT2D eigenvalue weighted by atomic mass is 32.2. The van der Waals surface area contributed by atoms with Crippen LogP contribution in [-0.4, -0.2) is 21.2 Å². The molecule has 0 radical (unpaired) electrons. The molecule has 0 saturated carbocycles. The number of amides is 1. The van der Waals surface area contributed by atoms with Crippen LogP contribution in [0.1, 0.15) is 5.56 Å². The normalized spacial score (nSPS) is 10.8. The van der Waals surface area contributed by atoms with E-state index in [2.05, 4.69) is 46.3 Å². The van der Waals surface area contributed by atoms with Crippen LogP contribution in [0.25, 0.3) is 28.2 Å². The maximum absolute atomic E-state index is 12.8. The Morgan fingerprint density at radius 3 is 1.97 bits per heavy atom. The van der Waals surface area contributed by atoms with Crippen molar-refractivity contribution in [2.75, 3.05) is 11.1 Å². The summed E-state index contributed by atoms with van der Waals surface area (Å²) in [5.41, 5.74) is 6.95. The van der Waals surface area contributed by atoms with Crippen molar-refractivity contribution < 1.29 is 4.79 Å².